The van der Waals surface area contributed by atoms with E-state index in [2.05, 4.69) is 21.9 Å². The average Bonchev–Trinajstić information content (AvgIpc) is 3.08. The van der Waals surface area contributed by atoms with Crippen LogP contribution in [-0.2, 0) is 23.4 Å². The van der Waals surface area contributed by atoms with Crippen molar-refractivity contribution in [2.75, 3.05) is 12.3 Å². The highest BCUT2D eigenvalue weighted by Gasteiger charge is 2.58. The van der Waals surface area contributed by atoms with Crippen molar-refractivity contribution < 1.29 is 37.4 Å². The van der Waals surface area contributed by atoms with Crippen LogP contribution in [0.15, 0.2) is 47.4 Å². The third-order valence-corrected chi connectivity index (χ3v) is 6.94. The average molecular weight is 552 g/mol. The van der Waals surface area contributed by atoms with E-state index in [-0.39, 0.29) is 11.6 Å². The highest BCUT2D eigenvalue weighted by molar-refractivity contribution is 7.52. The van der Waals surface area contributed by atoms with Gasteiger partial charge in [0.2, 0.25) is 5.67 Å². The Morgan fingerprint density at radius 3 is 2.63 bits per heavy atom. The molecule has 14 heteroatoms. The second kappa shape index (κ2) is 12.1. The maximum absolute atomic E-state index is 16.0. The Labute approximate surface area is 218 Å². The number of nitrogens with two attached hydrogens (primary N) is 1. The number of benzene rings is 1. The number of esters is 1. The van der Waals surface area contributed by atoms with Gasteiger partial charge in [0, 0.05) is 6.20 Å². The van der Waals surface area contributed by atoms with Crippen LogP contribution in [0.25, 0.3) is 0 Å². The summed E-state index contributed by atoms with van der Waals surface area (Å²) in [6, 6.07) is 8.12. The number of rotatable bonds is 10. The maximum Gasteiger partial charge on any atom is 0.459 e. The molecular weight excluding hydrogens is 522 g/mol. The fourth-order valence-electron chi connectivity index (χ4n) is 3.59. The summed E-state index contributed by atoms with van der Waals surface area (Å²) < 4.78 is 52.3. The number of nitrogens with zero attached hydrogens (tertiary/aromatic N) is 2. The van der Waals surface area contributed by atoms with Gasteiger partial charge in [-0.25, -0.2) is 13.8 Å². The molecule has 0 radical (unpaired) electrons. The molecule has 2 aromatic rings. The standard InChI is InChI=1S/C24H30FN4O8P/c1-5-12-24(25)20(30)18(36-22(24)29-13-11-19(26)27-23(29)32)14-34-38(33,37-17-9-7-6-8-10-17)28-16(4)21(31)35-15(2)3/h6-11,13,15-16,18,20,22,30H,14H2,1-4H3,(H,28,33)(H2,26,27,32)/t16-,18+,20-,22+,24?,38?/m0/s1. The Morgan fingerprint density at radius 1 is 1.34 bits per heavy atom. The molecule has 2 unspecified atom stereocenters. The molecule has 1 aromatic carbocycles. The first-order valence-corrected chi connectivity index (χ1v) is 13.2. The number of para-hydroxylation sites is 1. The highest BCUT2D eigenvalue weighted by atomic mass is 31.2. The van der Waals surface area contributed by atoms with Gasteiger partial charge in [0.15, 0.2) is 6.23 Å². The molecule has 12 nitrogen and oxygen atoms in total. The Hall–Kier alpha value is -3.27. The first-order valence-electron chi connectivity index (χ1n) is 11.7. The lowest BCUT2D eigenvalue weighted by Gasteiger charge is -2.25. The summed E-state index contributed by atoms with van der Waals surface area (Å²) in [6.45, 7) is 5.38. The molecule has 4 N–H and O–H groups in total. The van der Waals surface area contributed by atoms with Crippen LogP contribution in [0.4, 0.5) is 10.2 Å². The molecule has 0 spiro atoms. The van der Waals surface area contributed by atoms with Crippen LogP contribution in [0, 0.1) is 11.8 Å². The van der Waals surface area contributed by atoms with E-state index in [1.807, 2.05) is 0 Å². The molecule has 0 saturated carbocycles. The Bertz CT molecular complexity index is 1300. The zero-order valence-corrected chi connectivity index (χ0v) is 22.1. The lowest BCUT2D eigenvalue weighted by Crippen LogP contribution is -2.44. The minimum atomic E-state index is -4.34. The number of ether oxygens (including phenoxy) is 2. The zero-order valence-electron chi connectivity index (χ0n) is 21.2. The largest absolute Gasteiger partial charge is 0.462 e. The Kier molecular flexibility index (Phi) is 9.30. The molecule has 2 heterocycles. The summed E-state index contributed by atoms with van der Waals surface area (Å²) in [6.07, 6.45) is -4.38. The van der Waals surface area contributed by atoms with Gasteiger partial charge in [-0.2, -0.15) is 10.1 Å². The Balaban J connectivity index is 1.86. The van der Waals surface area contributed by atoms with Crippen molar-refractivity contribution in [3.05, 3.63) is 53.1 Å². The smallest absolute Gasteiger partial charge is 0.459 e. The van der Waals surface area contributed by atoms with Crippen LogP contribution in [0.1, 0.15) is 33.9 Å². The lowest BCUT2D eigenvalue weighted by atomic mass is 9.96. The fourth-order valence-corrected chi connectivity index (χ4v) is 5.09. The molecule has 1 aromatic heterocycles. The van der Waals surface area contributed by atoms with Gasteiger partial charge in [-0.05, 0) is 45.9 Å². The van der Waals surface area contributed by atoms with E-state index in [4.69, 9.17) is 24.3 Å². The van der Waals surface area contributed by atoms with Gasteiger partial charge in [-0.3, -0.25) is 13.9 Å². The van der Waals surface area contributed by atoms with Crippen molar-refractivity contribution in [3.63, 3.8) is 0 Å². The first-order chi connectivity index (χ1) is 17.9. The van der Waals surface area contributed by atoms with E-state index in [0.717, 1.165) is 10.8 Å². The third-order valence-electron chi connectivity index (χ3n) is 5.30. The van der Waals surface area contributed by atoms with Gasteiger partial charge in [0.05, 0.1) is 12.7 Å². The molecule has 1 aliphatic rings. The van der Waals surface area contributed by atoms with Gasteiger partial charge in [0.25, 0.3) is 0 Å². The molecule has 1 saturated heterocycles. The SMILES string of the molecule is CC#CC1(F)[C@@H](O)[C@@H](COP(=O)(N[C@@H](C)C(=O)OC(C)C)Oc2ccccc2)O[C@H]1n1ccc(N)nc1=O. The minimum absolute atomic E-state index is 0.0918. The van der Waals surface area contributed by atoms with Crippen molar-refractivity contribution in [3.8, 4) is 17.6 Å². The number of aliphatic hydroxyl groups excluding tert-OH is 1. The summed E-state index contributed by atoms with van der Waals surface area (Å²) in [4.78, 5) is 28.2. The number of carbonyl (C=O) groups is 1. The molecule has 6 atom stereocenters. The number of halogens is 1. The second-order valence-electron chi connectivity index (χ2n) is 8.69. The first kappa shape index (κ1) is 29.3. The molecule has 3 rings (SSSR count). The number of aliphatic hydroxyl groups is 1. The maximum atomic E-state index is 16.0. The van der Waals surface area contributed by atoms with Crippen LogP contribution in [0.5, 0.6) is 5.75 Å². The predicted molar refractivity (Wildman–Crippen MR) is 135 cm³/mol. The van der Waals surface area contributed by atoms with E-state index in [1.54, 1.807) is 32.0 Å². The monoisotopic (exact) mass is 552 g/mol. The number of alkyl halides is 1. The van der Waals surface area contributed by atoms with Crippen molar-refractivity contribution in [2.45, 2.75) is 63.9 Å². The third kappa shape index (κ3) is 6.78. The highest BCUT2D eigenvalue weighted by Crippen LogP contribution is 2.47. The molecule has 206 valence electrons. The van der Waals surface area contributed by atoms with E-state index < -0.39 is 62.3 Å². The molecular formula is C24H30FN4O8P. The predicted octanol–water partition coefficient (Wildman–Crippen LogP) is 1.95. The van der Waals surface area contributed by atoms with Crippen LogP contribution in [0.2, 0.25) is 0 Å². The number of hydrogen-bond donors (Lipinski definition) is 3. The lowest BCUT2D eigenvalue weighted by molar-refractivity contribution is -0.149. The quantitative estimate of drug-likeness (QED) is 0.224. The fraction of sp³-hybridized carbons (Fsp3) is 0.458. The molecule has 1 fully saturated rings. The van der Waals surface area contributed by atoms with Gasteiger partial charge in [-0.1, -0.05) is 24.1 Å². The number of anilines is 1. The topological polar surface area (TPSA) is 164 Å². The number of carbonyl (C=O) groups excluding carboxylic acids is 1. The number of hydrogen-bond acceptors (Lipinski definition) is 10. The molecule has 38 heavy (non-hydrogen) atoms. The summed E-state index contributed by atoms with van der Waals surface area (Å²) in [5.74, 6) is 3.97. The summed E-state index contributed by atoms with van der Waals surface area (Å²) in [7, 11) is -4.34. The van der Waals surface area contributed by atoms with Crippen LogP contribution in [0.3, 0.4) is 0 Å². The normalized spacial score (nSPS) is 25.2. The molecule has 0 amide bonds. The van der Waals surface area contributed by atoms with Crippen LogP contribution in [-0.4, -0.2) is 57.3 Å². The number of nitrogen functional groups attached to an aromatic ring is 1. The summed E-state index contributed by atoms with van der Waals surface area (Å²) in [5.41, 5.74) is 1.83. The van der Waals surface area contributed by atoms with Crippen molar-refractivity contribution in [1.82, 2.24) is 14.6 Å². The molecule has 0 aliphatic carbocycles. The van der Waals surface area contributed by atoms with Crippen molar-refractivity contribution in [2.24, 2.45) is 0 Å². The minimum Gasteiger partial charge on any atom is -0.462 e. The van der Waals surface area contributed by atoms with E-state index in [9.17, 15) is 19.3 Å². The van der Waals surface area contributed by atoms with Gasteiger partial charge < -0.3 is 24.8 Å². The summed E-state index contributed by atoms with van der Waals surface area (Å²) in [5, 5.41) is 13.3. The number of aromatic nitrogens is 2. The van der Waals surface area contributed by atoms with Crippen LogP contribution < -0.4 is 21.0 Å². The van der Waals surface area contributed by atoms with E-state index >= 15 is 4.39 Å². The molecule has 1 aliphatic heterocycles. The van der Waals surface area contributed by atoms with Gasteiger partial charge in [-0.15, -0.1) is 5.92 Å². The second-order valence-corrected chi connectivity index (χ2v) is 10.4. The van der Waals surface area contributed by atoms with Crippen molar-refractivity contribution >= 4 is 19.5 Å². The van der Waals surface area contributed by atoms with Gasteiger partial charge >= 0.3 is 19.4 Å². The van der Waals surface area contributed by atoms with Gasteiger partial charge in [0.1, 0.15) is 29.8 Å². The Morgan fingerprint density at radius 2 is 2.03 bits per heavy atom. The van der Waals surface area contributed by atoms with E-state index in [0.29, 0.717) is 0 Å². The number of nitrogens with one attached hydrogen (secondary N) is 1. The zero-order chi connectivity index (χ0) is 28.1. The van der Waals surface area contributed by atoms with E-state index in [1.165, 1.54) is 32.0 Å². The van der Waals surface area contributed by atoms with Crippen molar-refractivity contribution in [1.29, 1.82) is 0 Å². The van der Waals surface area contributed by atoms with Crippen LogP contribution >= 0.6 is 7.75 Å². The summed E-state index contributed by atoms with van der Waals surface area (Å²) >= 11 is 0. The molecule has 0 bridgehead atoms.